The van der Waals surface area contributed by atoms with E-state index in [0.717, 1.165) is 101 Å². The zero-order valence-electron chi connectivity index (χ0n) is 71.6. The molecule has 131 heavy (non-hydrogen) atoms. The van der Waals surface area contributed by atoms with Gasteiger partial charge in [0.1, 0.15) is 0 Å². The van der Waals surface area contributed by atoms with Gasteiger partial charge in [-0.3, -0.25) is 8.97 Å². The lowest BCUT2D eigenvalue weighted by Crippen LogP contribution is -2.11. The average Bonchev–Trinajstić information content (AvgIpc) is 1.56. The molecule has 0 aliphatic carbocycles. The number of rotatable bonds is 21. The number of benzene rings is 18. The van der Waals surface area contributed by atoms with Crippen LogP contribution >= 0.6 is 40.1 Å². The van der Waals surface area contributed by atoms with Gasteiger partial charge in [-0.2, -0.15) is 15.0 Å². The molecule has 626 valence electrons. The molecule has 23 aromatic rings. The van der Waals surface area contributed by atoms with Crippen LogP contribution in [0.4, 0.5) is 0 Å². The lowest BCUT2D eigenvalue weighted by molar-refractivity contribution is 0.884. The Hall–Kier alpha value is -15.7. The standard InChI is InChI=1S/C119H86N8S4/c1-3-5-46-88(4-2)128(89-47-17-6-18-48-89,90-49-19-7-20-50-90)102-73-77-108-114(84-102)126-115-85-103(131(97-63-33-14-34-64-97,98-65-35-15-36-66-98)99-67-37-16-38-68-99)76-80-113(115)127(119(126)120-108)118-122-116(86-44-43-45-87(81-86)124-109-71-41-39-69-104(109)105-70-40-42-72-110(105)124)121-117(123-118)125-111-78-74-100(129(91-51-21-8-22-52-91,92-53-23-9-24-54-92)93-55-25-10-26-56-93)82-106(111)107-83-101(75-79-112(107)125)130(94-57-27-11-28-58-94,95-59-29-12-30-60-95)96-61-31-13-32-62-96/h1,4-85H,2H3/b46-5-,88-4+. The highest BCUT2D eigenvalue weighted by molar-refractivity contribution is 8.37. The van der Waals surface area contributed by atoms with E-state index >= 15 is 0 Å². The summed E-state index contributed by atoms with van der Waals surface area (Å²) in [4.78, 5) is 43.0. The Morgan fingerprint density at radius 3 is 0.985 bits per heavy atom. The van der Waals surface area contributed by atoms with Gasteiger partial charge in [-0.05, 0) is 255 Å². The van der Waals surface area contributed by atoms with Gasteiger partial charge >= 0.3 is 0 Å². The third kappa shape index (κ3) is 12.9. The van der Waals surface area contributed by atoms with Gasteiger partial charge in [0.2, 0.25) is 17.7 Å². The highest BCUT2D eigenvalue weighted by Gasteiger charge is 2.40. The first-order chi connectivity index (χ1) is 64.9. The molecule has 5 aromatic heterocycles. The van der Waals surface area contributed by atoms with Crippen LogP contribution in [0.15, 0.2) is 576 Å². The molecule has 0 aliphatic heterocycles. The molecule has 0 saturated heterocycles. The van der Waals surface area contributed by atoms with E-state index in [0.29, 0.717) is 23.5 Å². The number of imidazole rings is 2. The van der Waals surface area contributed by atoms with Gasteiger partial charge in [0.15, 0.2) is 5.82 Å². The smallest absolute Gasteiger partial charge is 0.242 e. The zero-order valence-corrected chi connectivity index (χ0v) is 74.9. The molecule has 0 fully saturated rings. The number of hydrogen-bond acceptors (Lipinski definition) is 4. The fourth-order valence-corrected chi connectivity index (χ4v) is 35.5. The predicted molar refractivity (Wildman–Crippen MR) is 544 cm³/mol. The summed E-state index contributed by atoms with van der Waals surface area (Å²) < 4.78 is 9.27. The van der Waals surface area contributed by atoms with Crippen LogP contribution in [0.3, 0.4) is 0 Å². The van der Waals surface area contributed by atoms with Gasteiger partial charge in [0, 0.05) is 106 Å². The highest BCUT2D eigenvalue weighted by atomic mass is 32.3. The van der Waals surface area contributed by atoms with Crippen LogP contribution < -0.4 is 0 Å². The van der Waals surface area contributed by atoms with E-state index in [1.807, 2.05) is 6.08 Å². The molecule has 0 atom stereocenters. The van der Waals surface area contributed by atoms with Crippen LogP contribution in [0, 0.1) is 12.3 Å². The molecule has 12 heteroatoms. The van der Waals surface area contributed by atoms with E-state index in [-0.39, 0.29) is 0 Å². The summed E-state index contributed by atoms with van der Waals surface area (Å²) in [6.45, 7) is 2.13. The summed E-state index contributed by atoms with van der Waals surface area (Å²) in [5, 5.41) is 4.41. The SMILES string of the molecule is C#C/C=C\C(=C/C)S(c1ccccc1)(c1ccccc1)c1ccc2nc3n(-c4nc(-c5cccc(-n6c7ccccc7c7ccccc76)c5)nc(-n5c6ccc(S(c7ccccc7)(c7ccccc7)c7ccccc7)cc6c6cc(S(c7ccccc7)(c7ccccc7)c7ccccc7)ccc65)n4)c4ccc(S(c5ccccc5)(c5ccccc5)c5ccccc5)cc4n3c2c1. The Balaban J connectivity index is 0.864. The third-order valence-corrected chi connectivity index (χ3v) is 41.1. The molecule has 5 heterocycles. The van der Waals surface area contributed by atoms with Crippen molar-refractivity contribution in [2.45, 2.75) is 80.4 Å². The van der Waals surface area contributed by atoms with Crippen molar-refractivity contribution < 1.29 is 0 Å². The van der Waals surface area contributed by atoms with E-state index in [9.17, 15) is 0 Å². The van der Waals surface area contributed by atoms with Gasteiger partial charge in [-0.15, -0.1) is 46.5 Å². The van der Waals surface area contributed by atoms with Crippen molar-refractivity contribution in [2.24, 2.45) is 0 Å². The number of para-hydroxylation sites is 2. The Kier molecular flexibility index (Phi) is 20.4. The fraction of sp³-hybridized carbons (Fsp3) is 0.00840. The van der Waals surface area contributed by atoms with Crippen LogP contribution in [0.25, 0.3) is 100 Å². The largest absolute Gasteiger partial charge is 0.309 e. The van der Waals surface area contributed by atoms with Gasteiger partial charge < -0.3 is 4.57 Å². The van der Waals surface area contributed by atoms with Crippen molar-refractivity contribution in [1.29, 1.82) is 0 Å². The first kappa shape index (κ1) is 79.9. The van der Waals surface area contributed by atoms with Crippen molar-refractivity contribution >= 4 is 112 Å². The van der Waals surface area contributed by atoms with Crippen molar-refractivity contribution in [2.75, 3.05) is 0 Å². The van der Waals surface area contributed by atoms with Crippen LogP contribution in [0.2, 0.25) is 0 Å². The maximum absolute atomic E-state index is 6.23. The normalized spacial score (nSPS) is 12.8. The molecule has 0 N–H and O–H groups in total. The van der Waals surface area contributed by atoms with Crippen molar-refractivity contribution in [3.05, 3.63) is 502 Å². The molecule has 0 spiro atoms. The van der Waals surface area contributed by atoms with E-state index in [1.165, 1.54) is 53.9 Å². The lowest BCUT2D eigenvalue weighted by Gasteiger charge is -2.42. The van der Waals surface area contributed by atoms with Crippen molar-refractivity contribution in [3.63, 3.8) is 0 Å². The second-order valence-electron chi connectivity index (χ2n) is 32.3. The number of fused-ring (bicyclic) bond motifs is 11. The molecule has 0 saturated carbocycles. The Morgan fingerprint density at radius 2 is 0.595 bits per heavy atom. The summed E-state index contributed by atoms with van der Waals surface area (Å²) in [5.41, 5.74) is 9.20. The quantitative estimate of drug-likeness (QED) is 0.0531. The van der Waals surface area contributed by atoms with E-state index in [4.69, 9.17) is 26.4 Å². The minimum atomic E-state index is -2.33. The van der Waals surface area contributed by atoms with Crippen LogP contribution in [-0.4, -0.2) is 38.0 Å². The molecule has 23 rings (SSSR count). The van der Waals surface area contributed by atoms with Crippen LogP contribution in [0.5, 0.6) is 0 Å². The fourth-order valence-electron chi connectivity index (χ4n) is 19.9. The van der Waals surface area contributed by atoms with E-state index < -0.39 is 40.1 Å². The Bertz CT molecular complexity index is 7770. The minimum Gasteiger partial charge on any atom is -0.309 e. The molecule has 0 unspecified atom stereocenters. The molecule has 18 aromatic carbocycles. The zero-order chi connectivity index (χ0) is 87.5. The Labute approximate surface area is 767 Å². The maximum Gasteiger partial charge on any atom is 0.242 e. The summed E-state index contributed by atoms with van der Waals surface area (Å²) in [6.07, 6.45) is 12.4. The van der Waals surface area contributed by atoms with Gasteiger partial charge in [0.05, 0.1) is 44.1 Å². The van der Waals surface area contributed by atoms with Gasteiger partial charge in [0.25, 0.3) is 0 Å². The van der Waals surface area contributed by atoms with E-state index in [1.54, 1.807) is 0 Å². The van der Waals surface area contributed by atoms with Crippen molar-refractivity contribution in [3.8, 4) is 41.3 Å². The highest BCUT2D eigenvalue weighted by Crippen LogP contribution is 2.78. The molecular formula is C119H86N8S4. The Morgan fingerprint density at radius 1 is 0.260 bits per heavy atom. The van der Waals surface area contributed by atoms with Crippen LogP contribution in [0.1, 0.15) is 6.92 Å². The monoisotopic (exact) mass is 1750 g/mol. The topological polar surface area (TPSA) is 70.8 Å². The molecule has 0 amide bonds. The lowest BCUT2D eigenvalue weighted by atomic mass is 10.1. The van der Waals surface area contributed by atoms with Crippen molar-refractivity contribution in [1.82, 2.24) is 38.0 Å². The van der Waals surface area contributed by atoms with Crippen LogP contribution in [-0.2, 0) is 0 Å². The summed E-state index contributed by atoms with van der Waals surface area (Å²) in [5.74, 6) is 4.74. The number of nitrogens with zero attached hydrogens (tertiary/aromatic N) is 8. The molecular weight excluding hydrogens is 1670 g/mol. The van der Waals surface area contributed by atoms with Gasteiger partial charge in [-0.25, -0.2) is 9.55 Å². The maximum atomic E-state index is 6.23. The minimum absolute atomic E-state index is 0.372. The van der Waals surface area contributed by atoms with E-state index in [2.05, 4.69) is 522 Å². The number of aromatic nitrogens is 8. The first-order valence-electron chi connectivity index (χ1n) is 44.0. The second-order valence-corrected chi connectivity index (χ2v) is 44.8. The summed E-state index contributed by atoms with van der Waals surface area (Å²) in [7, 11) is -9.13. The molecule has 0 bridgehead atoms. The number of allylic oxidation sites excluding steroid dienone is 3. The number of terminal acetylenes is 1. The molecule has 0 radical (unpaired) electrons. The molecule has 0 aliphatic rings. The first-order valence-corrected chi connectivity index (χ1v) is 50.5. The third-order valence-electron chi connectivity index (χ3n) is 25.4. The predicted octanol–water partition coefficient (Wildman–Crippen LogP) is 31.9. The second kappa shape index (κ2) is 33.5. The summed E-state index contributed by atoms with van der Waals surface area (Å²) in [6, 6.07) is 177. The summed E-state index contributed by atoms with van der Waals surface area (Å²) >= 11 is 0. The number of hydrogen-bond donors (Lipinski definition) is 0. The molecule has 8 nitrogen and oxygen atoms in total. The average molecular weight is 1760 g/mol. The van der Waals surface area contributed by atoms with Gasteiger partial charge in [-0.1, -0.05) is 261 Å².